The Morgan fingerprint density at radius 1 is 1.37 bits per heavy atom. The van der Waals surface area contributed by atoms with Gasteiger partial charge < -0.3 is 0 Å². The van der Waals surface area contributed by atoms with Crippen molar-refractivity contribution in [3.63, 3.8) is 0 Å². The van der Waals surface area contributed by atoms with Crippen LogP contribution in [0.3, 0.4) is 0 Å². The Labute approximate surface area is 122 Å². The summed E-state index contributed by atoms with van der Waals surface area (Å²) in [6.45, 7) is 0. The molecule has 4 nitrogen and oxygen atoms in total. The lowest BCUT2D eigenvalue weighted by atomic mass is 10.2. The molecule has 1 aliphatic heterocycles. The van der Waals surface area contributed by atoms with Crippen LogP contribution in [0.15, 0.2) is 23.1 Å². The zero-order valence-corrected chi connectivity index (χ0v) is 12.5. The van der Waals surface area contributed by atoms with Gasteiger partial charge >= 0.3 is 0 Å². The van der Waals surface area contributed by atoms with Gasteiger partial charge in [0.25, 0.3) is 0 Å². The van der Waals surface area contributed by atoms with Crippen molar-refractivity contribution in [2.45, 2.75) is 23.8 Å². The first-order chi connectivity index (χ1) is 9.03. The van der Waals surface area contributed by atoms with E-state index in [1.807, 2.05) is 17.8 Å². The van der Waals surface area contributed by atoms with E-state index in [1.54, 1.807) is 0 Å². The summed E-state index contributed by atoms with van der Waals surface area (Å²) < 4.78 is 27.2. The van der Waals surface area contributed by atoms with E-state index >= 15 is 0 Å². The molecule has 2 rings (SSSR count). The van der Waals surface area contributed by atoms with Gasteiger partial charge in [0.2, 0.25) is 10.0 Å². The molecule has 0 aliphatic carbocycles. The van der Waals surface area contributed by atoms with Crippen LogP contribution in [0, 0.1) is 11.3 Å². The molecule has 0 radical (unpaired) electrons. The average molecular weight is 317 g/mol. The standard InChI is InChI=1S/C12H13ClN2O2S2/c13-11-2-1-9(8-14)7-12(11)19(16,17)15-10-3-5-18-6-4-10/h1-2,7,10,15H,3-6H2. The molecule has 1 aliphatic rings. The third-order valence-electron chi connectivity index (χ3n) is 2.89. The Hall–Kier alpha value is -0.740. The molecule has 1 fully saturated rings. The molecule has 0 aromatic heterocycles. The van der Waals surface area contributed by atoms with Crippen molar-refractivity contribution < 1.29 is 8.42 Å². The monoisotopic (exact) mass is 316 g/mol. The van der Waals surface area contributed by atoms with Crippen molar-refractivity contribution in [1.29, 1.82) is 5.26 Å². The highest BCUT2D eigenvalue weighted by molar-refractivity contribution is 7.99. The van der Waals surface area contributed by atoms with Crippen LogP contribution in [0.5, 0.6) is 0 Å². The van der Waals surface area contributed by atoms with Crippen LogP contribution < -0.4 is 4.72 Å². The molecule has 0 amide bonds. The predicted molar refractivity (Wildman–Crippen MR) is 76.8 cm³/mol. The van der Waals surface area contributed by atoms with Crippen molar-refractivity contribution in [3.8, 4) is 6.07 Å². The Balaban J connectivity index is 2.26. The first kappa shape index (κ1) is 14.7. The summed E-state index contributed by atoms with van der Waals surface area (Å²) in [7, 11) is -3.67. The molecule has 1 saturated heterocycles. The van der Waals surface area contributed by atoms with E-state index in [-0.39, 0.29) is 21.5 Å². The number of sulfonamides is 1. The van der Waals surface area contributed by atoms with Crippen LogP contribution in [-0.4, -0.2) is 26.0 Å². The lowest BCUT2D eigenvalue weighted by Crippen LogP contribution is -2.37. The number of nitrogens with zero attached hydrogens (tertiary/aromatic N) is 1. The summed E-state index contributed by atoms with van der Waals surface area (Å²) in [6.07, 6.45) is 1.64. The second-order valence-corrected chi connectivity index (χ2v) is 7.58. The minimum absolute atomic E-state index is 0.0218. The third kappa shape index (κ3) is 3.63. The van der Waals surface area contributed by atoms with Gasteiger partial charge in [0.15, 0.2) is 0 Å². The van der Waals surface area contributed by atoms with E-state index in [9.17, 15) is 8.42 Å². The number of benzene rings is 1. The van der Waals surface area contributed by atoms with Crippen LogP contribution in [0.2, 0.25) is 5.02 Å². The highest BCUT2D eigenvalue weighted by atomic mass is 35.5. The molecule has 19 heavy (non-hydrogen) atoms. The topological polar surface area (TPSA) is 70.0 Å². The van der Waals surface area contributed by atoms with Crippen molar-refractivity contribution >= 4 is 33.4 Å². The summed E-state index contributed by atoms with van der Waals surface area (Å²) in [5.74, 6) is 1.91. The third-order valence-corrected chi connectivity index (χ3v) is 5.94. The Kier molecular flexibility index (Phi) is 4.74. The molecule has 0 spiro atoms. The highest BCUT2D eigenvalue weighted by Gasteiger charge is 2.24. The highest BCUT2D eigenvalue weighted by Crippen LogP contribution is 2.24. The van der Waals surface area contributed by atoms with Gasteiger partial charge in [0.05, 0.1) is 16.7 Å². The van der Waals surface area contributed by atoms with E-state index in [4.69, 9.17) is 16.9 Å². The molecule has 1 aromatic carbocycles. The summed E-state index contributed by atoms with van der Waals surface area (Å²) >= 11 is 7.75. The van der Waals surface area contributed by atoms with Gasteiger partial charge in [-0.25, -0.2) is 13.1 Å². The Morgan fingerprint density at radius 3 is 2.68 bits per heavy atom. The minimum atomic E-state index is -3.67. The number of nitrogens with one attached hydrogen (secondary N) is 1. The Bertz CT molecular complexity index is 605. The van der Waals surface area contributed by atoms with Crippen molar-refractivity contribution in [2.75, 3.05) is 11.5 Å². The molecule has 0 unspecified atom stereocenters. The molecule has 0 saturated carbocycles. The van der Waals surface area contributed by atoms with E-state index in [0.29, 0.717) is 0 Å². The molecule has 1 aromatic rings. The fraction of sp³-hybridized carbons (Fsp3) is 0.417. The normalized spacial score (nSPS) is 17.1. The molecule has 1 N–H and O–H groups in total. The van der Waals surface area contributed by atoms with Gasteiger partial charge in [-0.2, -0.15) is 17.0 Å². The average Bonchev–Trinajstić information content (AvgIpc) is 2.39. The molecular formula is C12H13ClN2O2S2. The number of thioether (sulfide) groups is 1. The lowest BCUT2D eigenvalue weighted by Gasteiger charge is -2.22. The SMILES string of the molecule is N#Cc1ccc(Cl)c(S(=O)(=O)NC2CCSCC2)c1. The second-order valence-electron chi connectivity index (χ2n) is 4.26. The van der Waals surface area contributed by atoms with Gasteiger partial charge in [-0.05, 0) is 42.5 Å². The first-order valence-corrected chi connectivity index (χ1v) is 8.84. The lowest BCUT2D eigenvalue weighted by molar-refractivity contribution is 0.529. The quantitative estimate of drug-likeness (QED) is 0.929. The summed E-state index contributed by atoms with van der Waals surface area (Å²) in [5, 5.41) is 8.96. The largest absolute Gasteiger partial charge is 0.242 e. The van der Waals surface area contributed by atoms with Crippen LogP contribution in [0.4, 0.5) is 0 Å². The van der Waals surface area contributed by atoms with E-state index in [0.717, 1.165) is 24.3 Å². The molecule has 0 atom stereocenters. The molecule has 1 heterocycles. The fourth-order valence-electron chi connectivity index (χ4n) is 1.88. The number of hydrogen-bond donors (Lipinski definition) is 1. The van der Waals surface area contributed by atoms with Gasteiger partial charge in [-0.3, -0.25) is 0 Å². The van der Waals surface area contributed by atoms with E-state index in [2.05, 4.69) is 4.72 Å². The van der Waals surface area contributed by atoms with Gasteiger partial charge in [0.1, 0.15) is 4.90 Å². The Morgan fingerprint density at radius 2 is 2.05 bits per heavy atom. The fourth-order valence-corrected chi connectivity index (χ4v) is 4.81. The van der Waals surface area contributed by atoms with Gasteiger partial charge in [-0.15, -0.1) is 0 Å². The zero-order chi connectivity index (χ0) is 13.9. The van der Waals surface area contributed by atoms with Crippen LogP contribution >= 0.6 is 23.4 Å². The van der Waals surface area contributed by atoms with Gasteiger partial charge in [-0.1, -0.05) is 11.6 Å². The number of rotatable bonds is 3. The van der Waals surface area contributed by atoms with Crippen LogP contribution in [0.25, 0.3) is 0 Å². The zero-order valence-electron chi connectivity index (χ0n) is 10.1. The van der Waals surface area contributed by atoms with Crippen molar-refractivity contribution in [3.05, 3.63) is 28.8 Å². The number of nitriles is 1. The number of halogens is 1. The molecule has 7 heteroatoms. The maximum Gasteiger partial charge on any atom is 0.242 e. The van der Waals surface area contributed by atoms with Gasteiger partial charge in [0, 0.05) is 6.04 Å². The van der Waals surface area contributed by atoms with Crippen LogP contribution in [-0.2, 0) is 10.0 Å². The predicted octanol–water partition coefficient (Wildman–Crippen LogP) is 2.39. The van der Waals surface area contributed by atoms with E-state index in [1.165, 1.54) is 18.2 Å². The summed E-state index contributed by atoms with van der Waals surface area (Å²) in [4.78, 5) is -0.0218. The van der Waals surface area contributed by atoms with E-state index < -0.39 is 10.0 Å². The summed E-state index contributed by atoms with van der Waals surface area (Å²) in [5.41, 5.74) is 0.281. The molecule has 102 valence electrons. The summed E-state index contributed by atoms with van der Waals surface area (Å²) in [6, 6.07) is 6.11. The van der Waals surface area contributed by atoms with Crippen LogP contribution in [0.1, 0.15) is 18.4 Å². The maximum atomic E-state index is 12.3. The minimum Gasteiger partial charge on any atom is -0.208 e. The second kappa shape index (κ2) is 6.14. The smallest absolute Gasteiger partial charge is 0.208 e. The van der Waals surface area contributed by atoms with Crippen molar-refractivity contribution in [2.24, 2.45) is 0 Å². The number of hydrogen-bond acceptors (Lipinski definition) is 4. The first-order valence-electron chi connectivity index (χ1n) is 5.82. The maximum absolute atomic E-state index is 12.3. The molecule has 0 bridgehead atoms. The van der Waals surface area contributed by atoms with Crippen molar-refractivity contribution in [1.82, 2.24) is 4.72 Å². The molecular weight excluding hydrogens is 304 g/mol.